The first-order chi connectivity index (χ1) is 14.2. The number of nitrogens with zero attached hydrogens (tertiary/aromatic N) is 2. The van der Waals surface area contributed by atoms with Crippen LogP contribution in [0.1, 0.15) is 12.7 Å². The van der Waals surface area contributed by atoms with Crippen LogP contribution in [0.15, 0.2) is 76.5 Å². The number of carbonyl (C=O) groups excluding carboxylic acids is 1. The number of para-hydroxylation sites is 2. The molecule has 2 aromatic heterocycles. The third kappa shape index (κ3) is 4.46. The Bertz CT molecular complexity index is 1090. The topological polar surface area (TPSA) is 69.3 Å². The van der Waals surface area contributed by atoms with Gasteiger partial charge in [0.25, 0.3) is 0 Å². The molecule has 0 spiro atoms. The van der Waals surface area contributed by atoms with Gasteiger partial charge in [0.15, 0.2) is 5.16 Å². The zero-order valence-corrected chi connectivity index (χ0v) is 16.8. The Morgan fingerprint density at radius 2 is 1.97 bits per heavy atom. The Morgan fingerprint density at radius 1 is 1.14 bits per heavy atom. The number of hydrogen-bond donors (Lipinski definition) is 1. The van der Waals surface area contributed by atoms with E-state index in [1.165, 1.54) is 11.8 Å². The summed E-state index contributed by atoms with van der Waals surface area (Å²) in [4.78, 5) is 17.0. The van der Waals surface area contributed by atoms with E-state index >= 15 is 0 Å². The predicted octanol–water partition coefficient (Wildman–Crippen LogP) is 4.43. The fourth-order valence-corrected chi connectivity index (χ4v) is 3.85. The molecule has 0 aliphatic heterocycles. The van der Waals surface area contributed by atoms with Crippen molar-refractivity contribution in [2.24, 2.45) is 0 Å². The number of hydrogen-bond acceptors (Lipinski definition) is 5. The summed E-state index contributed by atoms with van der Waals surface area (Å²) in [6.45, 7) is 2.96. The molecule has 6 nitrogen and oxygen atoms in total. The van der Waals surface area contributed by atoms with E-state index in [1.54, 1.807) is 12.3 Å². The lowest BCUT2D eigenvalue weighted by Crippen LogP contribution is -2.24. The van der Waals surface area contributed by atoms with Gasteiger partial charge < -0.3 is 14.5 Å². The normalized spacial score (nSPS) is 10.9. The van der Waals surface area contributed by atoms with Gasteiger partial charge >= 0.3 is 0 Å². The fraction of sp³-hybridized carbons (Fsp3) is 0.182. The molecule has 0 radical (unpaired) electrons. The number of amides is 1. The van der Waals surface area contributed by atoms with Crippen molar-refractivity contribution in [3.63, 3.8) is 0 Å². The molecule has 0 saturated heterocycles. The molecule has 1 amide bonds. The highest BCUT2D eigenvalue weighted by atomic mass is 32.2. The average molecular weight is 407 g/mol. The van der Waals surface area contributed by atoms with Crippen LogP contribution in [-0.2, 0) is 11.3 Å². The number of ether oxygens (including phenoxy) is 1. The Labute approximate surface area is 172 Å². The second-order valence-corrected chi connectivity index (χ2v) is 7.23. The molecule has 2 aromatic carbocycles. The molecule has 4 aromatic rings. The van der Waals surface area contributed by atoms with E-state index < -0.39 is 0 Å². The summed E-state index contributed by atoms with van der Waals surface area (Å²) >= 11 is 1.41. The second kappa shape index (κ2) is 8.87. The van der Waals surface area contributed by atoms with Crippen molar-refractivity contribution in [1.29, 1.82) is 0 Å². The van der Waals surface area contributed by atoms with Gasteiger partial charge in [-0.3, -0.25) is 9.36 Å². The van der Waals surface area contributed by atoms with E-state index in [2.05, 4.69) is 9.88 Å². The number of benzene rings is 2. The van der Waals surface area contributed by atoms with Crippen LogP contribution < -0.4 is 10.1 Å². The molecular weight excluding hydrogens is 386 g/mol. The lowest BCUT2D eigenvalue weighted by Gasteiger charge is -2.10. The van der Waals surface area contributed by atoms with Gasteiger partial charge in [0.2, 0.25) is 5.91 Å². The molecule has 0 bridgehead atoms. The van der Waals surface area contributed by atoms with Crippen molar-refractivity contribution in [2.45, 2.75) is 18.6 Å². The van der Waals surface area contributed by atoms with E-state index in [0.29, 0.717) is 13.2 Å². The number of nitrogens with one attached hydrogen (secondary N) is 1. The van der Waals surface area contributed by atoms with E-state index in [1.807, 2.05) is 61.5 Å². The number of thioether (sulfide) groups is 1. The monoisotopic (exact) mass is 407 g/mol. The van der Waals surface area contributed by atoms with Crippen LogP contribution in [0.5, 0.6) is 5.75 Å². The molecule has 0 aliphatic carbocycles. The Morgan fingerprint density at radius 3 is 2.72 bits per heavy atom. The zero-order valence-electron chi connectivity index (χ0n) is 16.0. The molecule has 0 saturated carbocycles. The standard InChI is InChI=1S/C22H21N3O3S/c1-2-27-17-11-9-16(10-12-17)25-20-8-4-3-7-19(20)24-22(25)29-15-21(26)23-14-18-6-5-13-28-18/h3-13H,2,14-15H2,1H3,(H,23,26). The highest BCUT2D eigenvalue weighted by Gasteiger charge is 2.14. The van der Waals surface area contributed by atoms with Crippen molar-refractivity contribution < 1.29 is 13.9 Å². The molecule has 1 N–H and O–H groups in total. The quantitative estimate of drug-likeness (QED) is 0.438. The van der Waals surface area contributed by atoms with E-state index in [-0.39, 0.29) is 11.7 Å². The highest BCUT2D eigenvalue weighted by Crippen LogP contribution is 2.28. The molecule has 0 aliphatic rings. The zero-order chi connectivity index (χ0) is 20.1. The third-order valence-electron chi connectivity index (χ3n) is 4.31. The van der Waals surface area contributed by atoms with Crippen molar-refractivity contribution in [1.82, 2.24) is 14.9 Å². The van der Waals surface area contributed by atoms with Gasteiger partial charge in [-0.2, -0.15) is 0 Å². The van der Waals surface area contributed by atoms with E-state index in [0.717, 1.165) is 33.4 Å². The molecule has 0 unspecified atom stereocenters. The van der Waals surface area contributed by atoms with E-state index in [9.17, 15) is 4.79 Å². The highest BCUT2D eigenvalue weighted by molar-refractivity contribution is 7.99. The summed E-state index contributed by atoms with van der Waals surface area (Å²) in [5.41, 5.74) is 2.86. The Balaban J connectivity index is 1.54. The lowest BCUT2D eigenvalue weighted by molar-refractivity contribution is -0.118. The summed E-state index contributed by atoms with van der Waals surface area (Å²) < 4.78 is 12.8. The van der Waals surface area contributed by atoms with Crippen molar-refractivity contribution in [2.75, 3.05) is 12.4 Å². The first-order valence-corrected chi connectivity index (χ1v) is 10.4. The Kier molecular flexibility index (Phi) is 5.86. The largest absolute Gasteiger partial charge is 0.494 e. The van der Waals surface area contributed by atoms with Gasteiger partial charge in [-0.25, -0.2) is 4.98 Å². The van der Waals surface area contributed by atoms with Crippen LogP contribution in [0.2, 0.25) is 0 Å². The van der Waals surface area contributed by atoms with Crippen LogP contribution in [0.25, 0.3) is 16.7 Å². The van der Waals surface area contributed by atoms with Crippen LogP contribution in [0.3, 0.4) is 0 Å². The minimum atomic E-state index is -0.0725. The van der Waals surface area contributed by atoms with Gasteiger partial charge in [-0.1, -0.05) is 23.9 Å². The molecular formula is C22H21N3O3S. The summed E-state index contributed by atoms with van der Waals surface area (Å²) in [7, 11) is 0. The number of carbonyl (C=O) groups is 1. The molecule has 4 rings (SSSR count). The van der Waals surface area contributed by atoms with Gasteiger partial charge in [0, 0.05) is 5.69 Å². The smallest absolute Gasteiger partial charge is 0.230 e. The summed E-state index contributed by atoms with van der Waals surface area (Å²) in [5, 5.41) is 3.63. The predicted molar refractivity (Wildman–Crippen MR) is 114 cm³/mol. The third-order valence-corrected chi connectivity index (χ3v) is 5.25. The number of fused-ring (bicyclic) bond motifs is 1. The van der Waals surface area contributed by atoms with E-state index in [4.69, 9.17) is 14.1 Å². The number of aromatic nitrogens is 2. The molecule has 0 atom stereocenters. The summed E-state index contributed by atoms with van der Waals surface area (Å²) in [6, 6.07) is 19.5. The molecule has 7 heteroatoms. The van der Waals surface area contributed by atoms with Crippen LogP contribution in [-0.4, -0.2) is 27.8 Å². The fourth-order valence-electron chi connectivity index (χ4n) is 2.99. The Hall–Kier alpha value is -3.19. The summed E-state index contributed by atoms with van der Waals surface area (Å²) in [6.07, 6.45) is 1.59. The molecule has 2 heterocycles. The maximum atomic E-state index is 12.3. The van der Waals surface area contributed by atoms with Crippen molar-refractivity contribution in [3.05, 3.63) is 72.7 Å². The number of furan rings is 1. The molecule has 0 fully saturated rings. The van der Waals surface area contributed by atoms with Gasteiger partial charge in [0.1, 0.15) is 11.5 Å². The second-order valence-electron chi connectivity index (χ2n) is 6.29. The number of imidazole rings is 1. The lowest BCUT2D eigenvalue weighted by atomic mass is 10.2. The van der Waals surface area contributed by atoms with Crippen LogP contribution >= 0.6 is 11.8 Å². The van der Waals surface area contributed by atoms with Crippen LogP contribution in [0.4, 0.5) is 0 Å². The first-order valence-electron chi connectivity index (χ1n) is 9.37. The van der Waals surface area contributed by atoms with Crippen molar-refractivity contribution >= 4 is 28.7 Å². The SMILES string of the molecule is CCOc1ccc(-n2c(SCC(=O)NCc3ccco3)nc3ccccc32)cc1. The first kappa shape index (κ1) is 19.1. The number of rotatable bonds is 8. The van der Waals surface area contributed by atoms with Crippen molar-refractivity contribution in [3.8, 4) is 11.4 Å². The minimum absolute atomic E-state index is 0.0725. The van der Waals surface area contributed by atoms with Gasteiger partial charge in [0.05, 0.1) is 36.2 Å². The average Bonchev–Trinajstić information content (AvgIpc) is 3.39. The molecule has 148 valence electrons. The minimum Gasteiger partial charge on any atom is -0.494 e. The van der Waals surface area contributed by atoms with Gasteiger partial charge in [-0.05, 0) is 55.5 Å². The molecule has 29 heavy (non-hydrogen) atoms. The maximum absolute atomic E-state index is 12.3. The van der Waals surface area contributed by atoms with Crippen LogP contribution in [0, 0.1) is 0 Å². The summed E-state index contributed by atoms with van der Waals surface area (Å²) in [5.74, 6) is 1.75. The maximum Gasteiger partial charge on any atom is 0.230 e. The van der Waals surface area contributed by atoms with Gasteiger partial charge in [-0.15, -0.1) is 0 Å².